The third-order valence-electron chi connectivity index (χ3n) is 3.89. The molecule has 1 N–H and O–H groups in total. The molecule has 3 rings (SSSR count). The number of hydrogen-bond donors (Lipinski definition) is 1. The van der Waals surface area contributed by atoms with E-state index in [9.17, 15) is 9.59 Å². The van der Waals surface area contributed by atoms with E-state index in [1.165, 1.54) is 0 Å². The smallest absolute Gasteiger partial charge is 0.314 e. The van der Waals surface area contributed by atoms with Gasteiger partial charge >= 0.3 is 5.97 Å². The summed E-state index contributed by atoms with van der Waals surface area (Å²) in [7, 11) is 0. The predicted molar refractivity (Wildman–Crippen MR) is 91.5 cm³/mol. The van der Waals surface area contributed by atoms with Crippen LogP contribution in [-0.2, 0) is 4.79 Å². The highest BCUT2D eigenvalue weighted by molar-refractivity contribution is 9.10. The Balaban J connectivity index is 1.62. The number of hydrogen-bond acceptors (Lipinski definition) is 3. The number of esters is 1. The molecule has 4 nitrogen and oxygen atoms in total. The predicted octanol–water partition coefficient (Wildman–Crippen LogP) is 4.41. The van der Waals surface area contributed by atoms with Crippen LogP contribution in [0.25, 0.3) is 0 Å². The van der Waals surface area contributed by atoms with Crippen molar-refractivity contribution in [1.29, 1.82) is 0 Å². The molecule has 1 amide bonds. The molecule has 1 aliphatic carbocycles. The van der Waals surface area contributed by atoms with Crippen LogP contribution in [0.1, 0.15) is 29.6 Å². The number of halogens is 1. The van der Waals surface area contributed by atoms with Gasteiger partial charge < -0.3 is 10.1 Å². The van der Waals surface area contributed by atoms with Crippen molar-refractivity contribution in [3.63, 3.8) is 0 Å². The van der Waals surface area contributed by atoms with Crippen molar-refractivity contribution < 1.29 is 14.3 Å². The minimum atomic E-state index is -0.198. The first-order valence-electron chi connectivity index (χ1n) is 7.51. The molecule has 0 radical (unpaired) electrons. The standard InChI is InChI=1S/C18H16BrNO3/c19-16-7-2-1-6-15(16)17(21)20-13-8-10-14(11-9-13)23-18(22)12-4-3-5-12/h1-2,6-12H,3-5H2,(H,20,21). The van der Waals surface area contributed by atoms with E-state index >= 15 is 0 Å². The van der Waals surface area contributed by atoms with Crippen molar-refractivity contribution in [2.24, 2.45) is 5.92 Å². The van der Waals surface area contributed by atoms with Crippen LogP contribution < -0.4 is 10.1 Å². The fourth-order valence-corrected chi connectivity index (χ4v) is 2.76. The van der Waals surface area contributed by atoms with Gasteiger partial charge in [-0.1, -0.05) is 18.6 Å². The normalized spacial score (nSPS) is 14.0. The second kappa shape index (κ2) is 6.96. The third-order valence-corrected chi connectivity index (χ3v) is 4.58. The van der Waals surface area contributed by atoms with Crippen molar-refractivity contribution in [2.45, 2.75) is 19.3 Å². The average Bonchev–Trinajstić information content (AvgIpc) is 2.48. The van der Waals surface area contributed by atoms with E-state index in [0.29, 0.717) is 17.0 Å². The van der Waals surface area contributed by atoms with Crippen molar-refractivity contribution >= 4 is 33.5 Å². The second-order valence-corrected chi connectivity index (χ2v) is 6.36. The number of amides is 1. The Kier molecular flexibility index (Phi) is 4.76. The van der Waals surface area contributed by atoms with Gasteiger partial charge in [-0.25, -0.2) is 0 Å². The van der Waals surface area contributed by atoms with Crippen LogP contribution in [0.15, 0.2) is 53.0 Å². The van der Waals surface area contributed by atoms with Crippen LogP contribution in [0.3, 0.4) is 0 Å². The first-order valence-corrected chi connectivity index (χ1v) is 8.30. The van der Waals surface area contributed by atoms with Crippen LogP contribution in [0.2, 0.25) is 0 Å². The van der Waals surface area contributed by atoms with E-state index in [2.05, 4.69) is 21.2 Å². The molecule has 0 unspecified atom stereocenters. The Morgan fingerprint density at radius 1 is 1.04 bits per heavy atom. The zero-order chi connectivity index (χ0) is 16.2. The summed E-state index contributed by atoms with van der Waals surface area (Å²) in [6, 6.07) is 14.0. The maximum absolute atomic E-state index is 12.2. The lowest BCUT2D eigenvalue weighted by molar-refractivity contribution is -0.141. The summed E-state index contributed by atoms with van der Waals surface area (Å²) in [6.07, 6.45) is 2.93. The average molecular weight is 374 g/mol. The zero-order valence-electron chi connectivity index (χ0n) is 12.4. The van der Waals surface area contributed by atoms with Crippen LogP contribution >= 0.6 is 15.9 Å². The Morgan fingerprint density at radius 3 is 2.35 bits per heavy atom. The minimum absolute atomic E-state index is 0.0461. The van der Waals surface area contributed by atoms with Gasteiger partial charge in [0, 0.05) is 10.2 Å². The molecular formula is C18H16BrNO3. The van der Waals surface area contributed by atoms with Gasteiger partial charge in [0.15, 0.2) is 0 Å². The number of carbonyl (C=O) groups is 2. The summed E-state index contributed by atoms with van der Waals surface area (Å²) >= 11 is 3.36. The molecule has 118 valence electrons. The monoisotopic (exact) mass is 373 g/mol. The molecule has 5 heteroatoms. The Hall–Kier alpha value is -2.14. The summed E-state index contributed by atoms with van der Waals surface area (Å²) in [5.41, 5.74) is 1.21. The van der Waals surface area contributed by atoms with Gasteiger partial charge in [0.25, 0.3) is 5.91 Å². The van der Waals surface area contributed by atoms with E-state index in [1.54, 1.807) is 30.3 Å². The van der Waals surface area contributed by atoms with Crippen LogP contribution in [0.5, 0.6) is 5.75 Å². The van der Waals surface area contributed by atoms with Crippen molar-refractivity contribution in [2.75, 3.05) is 5.32 Å². The zero-order valence-corrected chi connectivity index (χ0v) is 14.0. The number of anilines is 1. The number of benzene rings is 2. The van der Waals surface area contributed by atoms with Gasteiger partial charge in [0.1, 0.15) is 5.75 Å². The van der Waals surface area contributed by atoms with Gasteiger partial charge in [0.05, 0.1) is 11.5 Å². The molecule has 0 aliphatic heterocycles. The maximum atomic E-state index is 12.2. The minimum Gasteiger partial charge on any atom is -0.426 e. The van der Waals surface area contributed by atoms with Crippen molar-refractivity contribution in [1.82, 2.24) is 0 Å². The maximum Gasteiger partial charge on any atom is 0.314 e. The Morgan fingerprint density at radius 2 is 1.74 bits per heavy atom. The molecule has 23 heavy (non-hydrogen) atoms. The largest absolute Gasteiger partial charge is 0.426 e. The quantitative estimate of drug-likeness (QED) is 0.637. The number of nitrogens with one attached hydrogen (secondary N) is 1. The lowest BCUT2D eigenvalue weighted by Crippen LogP contribution is -2.26. The van der Waals surface area contributed by atoms with Crippen molar-refractivity contribution in [3.8, 4) is 5.75 Å². The molecule has 0 spiro atoms. The molecule has 1 saturated carbocycles. The van der Waals surface area contributed by atoms with Gasteiger partial charge in [-0.2, -0.15) is 0 Å². The Bertz CT molecular complexity index is 723. The molecule has 1 fully saturated rings. The van der Waals surface area contributed by atoms with Crippen LogP contribution in [0, 0.1) is 5.92 Å². The molecule has 1 aliphatic rings. The second-order valence-electron chi connectivity index (χ2n) is 5.51. The Labute approximate surface area is 143 Å². The topological polar surface area (TPSA) is 55.4 Å². The van der Waals surface area contributed by atoms with Crippen LogP contribution in [0.4, 0.5) is 5.69 Å². The number of rotatable bonds is 4. The molecule has 0 bridgehead atoms. The fourth-order valence-electron chi connectivity index (χ4n) is 2.29. The SMILES string of the molecule is O=C(Nc1ccc(OC(=O)C2CCC2)cc1)c1ccccc1Br. The summed E-state index contributed by atoms with van der Waals surface area (Å²) in [5, 5.41) is 2.82. The molecule has 0 heterocycles. The molecule has 0 aromatic heterocycles. The van der Waals surface area contributed by atoms with Gasteiger partial charge in [-0.15, -0.1) is 0 Å². The number of ether oxygens (including phenoxy) is 1. The summed E-state index contributed by atoms with van der Waals surface area (Å²) in [5.74, 6) is 0.184. The summed E-state index contributed by atoms with van der Waals surface area (Å²) in [6.45, 7) is 0. The summed E-state index contributed by atoms with van der Waals surface area (Å²) < 4.78 is 6.06. The lowest BCUT2D eigenvalue weighted by atomic mass is 9.86. The first kappa shape index (κ1) is 15.7. The highest BCUT2D eigenvalue weighted by Gasteiger charge is 2.27. The lowest BCUT2D eigenvalue weighted by Gasteiger charge is -2.22. The molecule has 2 aromatic rings. The van der Waals surface area contributed by atoms with Gasteiger partial charge in [0.2, 0.25) is 0 Å². The molecule has 0 atom stereocenters. The third kappa shape index (κ3) is 3.79. The van der Waals surface area contributed by atoms with E-state index in [0.717, 1.165) is 23.7 Å². The van der Waals surface area contributed by atoms with Gasteiger partial charge in [-0.05, 0) is 65.2 Å². The van der Waals surface area contributed by atoms with E-state index in [-0.39, 0.29) is 17.8 Å². The first-order chi connectivity index (χ1) is 11.1. The summed E-state index contributed by atoms with van der Waals surface area (Å²) in [4.78, 5) is 24.0. The van der Waals surface area contributed by atoms with E-state index in [4.69, 9.17) is 4.74 Å². The molecular weight excluding hydrogens is 358 g/mol. The van der Waals surface area contributed by atoms with E-state index < -0.39 is 0 Å². The van der Waals surface area contributed by atoms with E-state index in [1.807, 2.05) is 18.2 Å². The van der Waals surface area contributed by atoms with Crippen LogP contribution in [-0.4, -0.2) is 11.9 Å². The number of carbonyl (C=O) groups excluding carboxylic acids is 2. The van der Waals surface area contributed by atoms with Gasteiger partial charge in [-0.3, -0.25) is 9.59 Å². The highest BCUT2D eigenvalue weighted by atomic mass is 79.9. The fraction of sp³-hybridized carbons (Fsp3) is 0.222. The molecule has 0 saturated heterocycles. The molecule has 2 aromatic carbocycles. The van der Waals surface area contributed by atoms with Crippen molar-refractivity contribution in [3.05, 3.63) is 58.6 Å². The highest BCUT2D eigenvalue weighted by Crippen LogP contribution is 2.28.